The Kier molecular flexibility index (Phi) is 5.78. The molecule has 1 aliphatic rings. The molecule has 1 aromatic rings. The van der Waals surface area contributed by atoms with E-state index in [1.165, 1.54) is 25.9 Å². The Morgan fingerprint density at radius 3 is 2.53 bits per heavy atom. The molecule has 0 saturated carbocycles. The van der Waals surface area contributed by atoms with E-state index in [4.69, 9.17) is 0 Å². The van der Waals surface area contributed by atoms with E-state index in [1.807, 2.05) is 31.3 Å². The quantitative estimate of drug-likeness (QED) is 0.566. The molecule has 1 aliphatic heterocycles. The predicted octanol–water partition coefficient (Wildman–Crippen LogP) is 2.50. The molecule has 1 fully saturated rings. The topological polar surface area (TPSA) is 23.6 Å². The van der Waals surface area contributed by atoms with Crippen LogP contribution in [0.15, 0.2) is 24.3 Å². The maximum Gasteiger partial charge on any atom is 0.176 e. The molecular formula is C15H21IN2O. The molecule has 0 N–H and O–H groups in total. The van der Waals surface area contributed by atoms with Crippen LogP contribution in [0.25, 0.3) is 0 Å². The van der Waals surface area contributed by atoms with Gasteiger partial charge in [-0.05, 0) is 67.7 Å². The van der Waals surface area contributed by atoms with Crippen LogP contribution in [0.4, 0.5) is 0 Å². The van der Waals surface area contributed by atoms with Crippen molar-refractivity contribution in [3.05, 3.63) is 33.4 Å². The first-order valence-corrected chi connectivity index (χ1v) is 7.93. The molecule has 0 aromatic heterocycles. The zero-order chi connectivity index (χ0) is 13.7. The molecule has 0 bridgehead atoms. The molecule has 104 valence electrons. The van der Waals surface area contributed by atoms with Crippen LogP contribution in [0.2, 0.25) is 0 Å². The summed E-state index contributed by atoms with van der Waals surface area (Å²) in [6.45, 7) is 5.00. The maximum absolute atomic E-state index is 12.1. The molecule has 0 aliphatic carbocycles. The monoisotopic (exact) mass is 372 g/mol. The Labute approximate surface area is 129 Å². The largest absolute Gasteiger partial charge is 0.302 e. The molecule has 2 rings (SSSR count). The summed E-state index contributed by atoms with van der Waals surface area (Å²) >= 11 is 2.25. The van der Waals surface area contributed by atoms with Crippen molar-refractivity contribution in [1.29, 1.82) is 0 Å². The smallest absolute Gasteiger partial charge is 0.176 e. The highest BCUT2D eigenvalue weighted by atomic mass is 127. The molecule has 1 aromatic carbocycles. The lowest BCUT2D eigenvalue weighted by Crippen LogP contribution is -2.34. The number of carbonyl (C=O) groups is 1. The molecule has 0 radical (unpaired) electrons. The number of hydrogen-bond acceptors (Lipinski definition) is 3. The number of ketones is 1. The summed E-state index contributed by atoms with van der Waals surface area (Å²) in [4.78, 5) is 16.7. The van der Waals surface area contributed by atoms with Crippen molar-refractivity contribution in [3.8, 4) is 0 Å². The summed E-state index contributed by atoms with van der Waals surface area (Å²) in [5.41, 5.74) is 0.813. The van der Waals surface area contributed by atoms with Gasteiger partial charge in [-0.25, -0.2) is 0 Å². The van der Waals surface area contributed by atoms with E-state index in [0.29, 0.717) is 6.54 Å². The fraction of sp³-hybridized carbons (Fsp3) is 0.533. The number of likely N-dealkylation sites (N-methyl/N-ethyl adjacent to an activating group) is 1. The normalized spacial score (nSPS) is 16.2. The summed E-state index contributed by atoms with van der Waals surface area (Å²) in [5.74, 6) is 0.209. The van der Waals surface area contributed by atoms with Crippen molar-refractivity contribution in [2.24, 2.45) is 0 Å². The van der Waals surface area contributed by atoms with E-state index in [2.05, 4.69) is 32.4 Å². The number of Topliss-reactive ketones (excluding diaryl/α,β-unsaturated/α-hetero) is 1. The number of nitrogens with zero attached hydrogens (tertiary/aromatic N) is 2. The highest BCUT2D eigenvalue weighted by Gasteiger charge is 2.13. The number of rotatable bonds is 6. The lowest BCUT2D eigenvalue weighted by atomic mass is 10.1. The van der Waals surface area contributed by atoms with Crippen molar-refractivity contribution in [2.75, 3.05) is 39.8 Å². The molecule has 0 unspecified atom stereocenters. The molecule has 3 nitrogen and oxygen atoms in total. The molecule has 0 spiro atoms. The van der Waals surface area contributed by atoms with Crippen LogP contribution in [0.5, 0.6) is 0 Å². The number of carbonyl (C=O) groups excluding carboxylic acids is 1. The van der Waals surface area contributed by atoms with Gasteiger partial charge in [0.2, 0.25) is 0 Å². The van der Waals surface area contributed by atoms with Gasteiger partial charge >= 0.3 is 0 Å². The van der Waals surface area contributed by atoms with Crippen molar-refractivity contribution in [2.45, 2.75) is 12.8 Å². The van der Waals surface area contributed by atoms with Crippen molar-refractivity contribution < 1.29 is 4.79 Å². The molecule has 1 heterocycles. The number of benzene rings is 1. The van der Waals surface area contributed by atoms with Gasteiger partial charge in [-0.1, -0.05) is 12.1 Å². The highest BCUT2D eigenvalue weighted by molar-refractivity contribution is 14.1. The van der Waals surface area contributed by atoms with Crippen LogP contribution >= 0.6 is 22.6 Å². The van der Waals surface area contributed by atoms with Gasteiger partial charge in [0.05, 0.1) is 6.54 Å². The van der Waals surface area contributed by atoms with E-state index in [9.17, 15) is 4.79 Å². The fourth-order valence-corrected chi connectivity index (χ4v) is 2.73. The molecule has 19 heavy (non-hydrogen) atoms. The Morgan fingerprint density at radius 2 is 1.89 bits per heavy atom. The second-order valence-electron chi connectivity index (χ2n) is 5.22. The Balaban J connectivity index is 1.76. The Bertz CT molecular complexity index is 413. The highest BCUT2D eigenvalue weighted by Crippen LogP contribution is 2.09. The van der Waals surface area contributed by atoms with Crippen LogP contribution in [0, 0.1) is 3.57 Å². The molecule has 0 atom stereocenters. The lowest BCUT2D eigenvalue weighted by molar-refractivity contribution is 0.0941. The van der Waals surface area contributed by atoms with Crippen LogP contribution in [0.3, 0.4) is 0 Å². The van der Waals surface area contributed by atoms with E-state index < -0.39 is 0 Å². The minimum atomic E-state index is 0.209. The van der Waals surface area contributed by atoms with Crippen LogP contribution in [0.1, 0.15) is 23.2 Å². The van der Waals surface area contributed by atoms with Gasteiger partial charge in [0.25, 0.3) is 0 Å². The Hall–Kier alpha value is -0.460. The van der Waals surface area contributed by atoms with E-state index in [1.54, 1.807) is 0 Å². The molecule has 4 heteroatoms. The molecule has 1 saturated heterocycles. The third-order valence-corrected chi connectivity index (χ3v) is 4.30. The lowest BCUT2D eigenvalue weighted by Gasteiger charge is -2.20. The van der Waals surface area contributed by atoms with Gasteiger partial charge in [-0.2, -0.15) is 0 Å². The second-order valence-corrected chi connectivity index (χ2v) is 6.46. The van der Waals surface area contributed by atoms with Crippen LogP contribution < -0.4 is 0 Å². The van der Waals surface area contributed by atoms with Gasteiger partial charge in [-0.15, -0.1) is 0 Å². The number of halogens is 1. The summed E-state index contributed by atoms with van der Waals surface area (Å²) in [7, 11) is 2.03. The third kappa shape index (κ3) is 4.85. The number of likely N-dealkylation sites (tertiary alicyclic amines) is 1. The number of hydrogen-bond donors (Lipinski definition) is 0. The zero-order valence-electron chi connectivity index (χ0n) is 11.4. The first kappa shape index (κ1) is 14.9. The third-order valence-electron chi connectivity index (χ3n) is 3.58. The minimum Gasteiger partial charge on any atom is -0.302 e. The van der Waals surface area contributed by atoms with E-state index in [-0.39, 0.29) is 5.78 Å². The first-order valence-electron chi connectivity index (χ1n) is 6.85. The van der Waals surface area contributed by atoms with Crippen LogP contribution in [-0.2, 0) is 0 Å². The van der Waals surface area contributed by atoms with Gasteiger partial charge in [-0.3, -0.25) is 9.69 Å². The van der Waals surface area contributed by atoms with Gasteiger partial charge in [0.1, 0.15) is 0 Å². The van der Waals surface area contributed by atoms with Crippen molar-refractivity contribution >= 4 is 28.4 Å². The zero-order valence-corrected chi connectivity index (χ0v) is 13.6. The van der Waals surface area contributed by atoms with Crippen molar-refractivity contribution in [3.63, 3.8) is 0 Å². The average molecular weight is 372 g/mol. The summed E-state index contributed by atoms with van der Waals surface area (Å²) in [5, 5.41) is 0. The molecule has 0 amide bonds. The SMILES string of the molecule is CN(CCN1CCCC1)CC(=O)c1ccc(I)cc1. The van der Waals surface area contributed by atoms with Gasteiger partial charge in [0.15, 0.2) is 5.78 Å². The van der Waals surface area contributed by atoms with Gasteiger partial charge in [0, 0.05) is 22.2 Å². The maximum atomic E-state index is 12.1. The Morgan fingerprint density at radius 1 is 1.26 bits per heavy atom. The summed E-state index contributed by atoms with van der Waals surface area (Å²) < 4.78 is 1.16. The standard InChI is InChI=1S/C15H21IN2O/c1-17(10-11-18-8-2-3-9-18)12-15(19)13-4-6-14(16)7-5-13/h4-7H,2-3,8-12H2,1H3. The molecular weight excluding hydrogens is 351 g/mol. The summed E-state index contributed by atoms with van der Waals surface area (Å²) in [6, 6.07) is 7.80. The van der Waals surface area contributed by atoms with Gasteiger partial charge < -0.3 is 4.90 Å². The second kappa shape index (κ2) is 7.36. The van der Waals surface area contributed by atoms with Crippen molar-refractivity contribution in [1.82, 2.24) is 9.80 Å². The fourth-order valence-electron chi connectivity index (χ4n) is 2.37. The summed E-state index contributed by atoms with van der Waals surface area (Å²) in [6.07, 6.45) is 2.65. The van der Waals surface area contributed by atoms with Crippen LogP contribution in [-0.4, -0.2) is 55.4 Å². The average Bonchev–Trinajstić information content (AvgIpc) is 2.90. The predicted molar refractivity (Wildman–Crippen MR) is 86.7 cm³/mol. The minimum absolute atomic E-state index is 0.209. The van der Waals surface area contributed by atoms with E-state index in [0.717, 1.165) is 22.2 Å². The first-order chi connectivity index (χ1) is 9.15. The van der Waals surface area contributed by atoms with E-state index >= 15 is 0 Å².